The first-order chi connectivity index (χ1) is 4.81. The first-order valence-electron chi connectivity index (χ1n) is 4.50. The van der Waals surface area contributed by atoms with E-state index in [4.69, 9.17) is 0 Å². The van der Waals surface area contributed by atoms with E-state index < -0.39 is 8.07 Å². The van der Waals surface area contributed by atoms with Gasteiger partial charge in [-0.15, -0.1) is 0 Å². The summed E-state index contributed by atoms with van der Waals surface area (Å²) in [4.78, 5) is 2.47. The van der Waals surface area contributed by atoms with E-state index in [1.165, 1.54) is 12.7 Å². The van der Waals surface area contributed by atoms with Crippen molar-refractivity contribution in [3.8, 4) is 0 Å². The van der Waals surface area contributed by atoms with Gasteiger partial charge in [-0.1, -0.05) is 33.5 Å². The van der Waals surface area contributed by atoms with Crippen LogP contribution in [0.2, 0.25) is 19.6 Å². The molecule has 0 aromatic heterocycles. The molecule has 0 amide bonds. The third-order valence-electron chi connectivity index (χ3n) is 1.42. The number of hydrogen-bond acceptors (Lipinski definition) is 1. The molecular weight excluding hydrogens is 150 g/mol. The molecule has 68 valence electrons. The molecule has 2 heteroatoms. The Balaban J connectivity index is 3.61. The summed E-state index contributed by atoms with van der Waals surface area (Å²) in [6.45, 7) is 13.1. The maximum atomic E-state index is 2.47. The third-order valence-corrected chi connectivity index (χ3v) is 2.91. The summed E-state index contributed by atoms with van der Waals surface area (Å²) in [5.41, 5.74) is 0. The smallest absolute Gasteiger partial charge is 0.0599 e. The summed E-state index contributed by atoms with van der Waals surface area (Å²) in [6, 6.07) is 0. The molecule has 0 bridgehead atoms. The topological polar surface area (TPSA) is 3.24 Å². The molecule has 11 heavy (non-hydrogen) atoms. The van der Waals surface area contributed by atoms with Gasteiger partial charge in [-0.2, -0.15) is 0 Å². The summed E-state index contributed by atoms with van der Waals surface area (Å²) in [7, 11) is 1.37. The average molecular weight is 173 g/mol. The lowest BCUT2D eigenvalue weighted by atomic mass is 10.2. The van der Waals surface area contributed by atoms with Crippen molar-refractivity contribution in [1.29, 1.82) is 0 Å². The minimum absolute atomic E-state index is 0.802. The molecule has 0 N–H and O–H groups in total. The predicted octanol–water partition coefficient (Wildman–Crippen LogP) is 2.45. The van der Waals surface area contributed by atoms with Crippen LogP contribution in [0.25, 0.3) is 0 Å². The van der Waals surface area contributed by atoms with E-state index in [0.29, 0.717) is 0 Å². The van der Waals surface area contributed by atoms with Gasteiger partial charge in [-0.25, -0.2) is 0 Å². The first kappa shape index (κ1) is 11.2. The van der Waals surface area contributed by atoms with Crippen molar-refractivity contribution in [1.82, 2.24) is 4.90 Å². The molecule has 0 spiro atoms. The lowest BCUT2D eigenvalue weighted by molar-refractivity contribution is 0.333. The fourth-order valence-corrected chi connectivity index (χ4v) is 3.25. The largest absolute Gasteiger partial charge is 0.309 e. The molecular formula is C9H23NSi. The quantitative estimate of drug-likeness (QED) is 0.590. The molecule has 1 nitrogen and oxygen atoms in total. The second kappa shape index (κ2) is 4.26. The van der Waals surface area contributed by atoms with Crippen molar-refractivity contribution in [2.75, 3.05) is 19.8 Å². The van der Waals surface area contributed by atoms with Crippen LogP contribution in [0.5, 0.6) is 0 Å². The van der Waals surface area contributed by atoms with Crippen LogP contribution in [0.4, 0.5) is 0 Å². The van der Waals surface area contributed by atoms with Crippen molar-refractivity contribution in [2.45, 2.75) is 33.5 Å². The van der Waals surface area contributed by atoms with Crippen molar-refractivity contribution in [3.05, 3.63) is 0 Å². The Bertz CT molecular complexity index is 105. The molecule has 0 unspecified atom stereocenters. The van der Waals surface area contributed by atoms with Crippen molar-refractivity contribution < 1.29 is 0 Å². The van der Waals surface area contributed by atoms with Crippen LogP contribution in [0.1, 0.15) is 13.8 Å². The molecule has 0 aliphatic heterocycles. The van der Waals surface area contributed by atoms with Crippen LogP contribution in [-0.4, -0.2) is 32.7 Å². The highest BCUT2D eigenvalue weighted by Crippen LogP contribution is 2.04. The third kappa shape index (κ3) is 8.08. The van der Waals surface area contributed by atoms with Crippen LogP contribution >= 0.6 is 0 Å². The fourth-order valence-electron chi connectivity index (χ4n) is 1.50. The lowest BCUT2D eigenvalue weighted by Crippen LogP contribution is -2.39. The highest BCUT2D eigenvalue weighted by molar-refractivity contribution is 6.76. The maximum Gasteiger partial charge on any atom is 0.0599 e. The molecule has 0 aromatic carbocycles. The van der Waals surface area contributed by atoms with Gasteiger partial charge in [0.15, 0.2) is 0 Å². The molecule has 0 rings (SSSR count). The van der Waals surface area contributed by atoms with Gasteiger partial charge in [-0.05, 0) is 25.7 Å². The van der Waals surface area contributed by atoms with Gasteiger partial charge in [0.25, 0.3) is 0 Å². The van der Waals surface area contributed by atoms with E-state index >= 15 is 0 Å². The van der Waals surface area contributed by atoms with Crippen molar-refractivity contribution >= 4 is 8.07 Å². The van der Waals surface area contributed by atoms with Crippen LogP contribution < -0.4 is 0 Å². The molecule has 0 atom stereocenters. The van der Waals surface area contributed by atoms with Crippen LogP contribution in [0.15, 0.2) is 0 Å². The van der Waals surface area contributed by atoms with Crippen LogP contribution in [0, 0.1) is 5.92 Å². The maximum absolute atomic E-state index is 2.47. The molecule has 0 aliphatic carbocycles. The number of rotatable bonds is 4. The first-order valence-corrected chi connectivity index (χ1v) is 8.20. The monoisotopic (exact) mass is 173 g/mol. The van der Waals surface area contributed by atoms with Gasteiger partial charge in [0, 0.05) is 0 Å². The van der Waals surface area contributed by atoms with E-state index in [1.807, 2.05) is 0 Å². The zero-order valence-corrected chi connectivity index (χ0v) is 9.94. The second-order valence-electron chi connectivity index (χ2n) is 5.15. The van der Waals surface area contributed by atoms with Gasteiger partial charge in [-0.3, -0.25) is 0 Å². The number of nitrogens with zero attached hydrogens (tertiary/aromatic N) is 1. The van der Waals surface area contributed by atoms with Gasteiger partial charge in [0.05, 0.1) is 8.07 Å². The normalized spacial score (nSPS) is 13.1. The zero-order valence-electron chi connectivity index (χ0n) is 8.94. The van der Waals surface area contributed by atoms with Gasteiger partial charge in [0.2, 0.25) is 0 Å². The molecule has 0 saturated heterocycles. The summed E-state index contributed by atoms with van der Waals surface area (Å²) in [5.74, 6) is 0.802. The Morgan fingerprint density at radius 3 is 1.91 bits per heavy atom. The van der Waals surface area contributed by atoms with E-state index in [0.717, 1.165) is 5.92 Å². The summed E-state index contributed by atoms with van der Waals surface area (Å²) in [5, 5.41) is 0. The predicted molar refractivity (Wildman–Crippen MR) is 55.7 cm³/mol. The molecule has 0 saturated carbocycles. The van der Waals surface area contributed by atoms with Crippen LogP contribution in [-0.2, 0) is 0 Å². The van der Waals surface area contributed by atoms with Crippen LogP contribution in [0.3, 0.4) is 0 Å². The lowest BCUT2D eigenvalue weighted by Gasteiger charge is -2.26. The minimum atomic E-state index is -0.861. The zero-order chi connectivity index (χ0) is 9.07. The molecule has 0 radical (unpaired) electrons. The summed E-state index contributed by atoms with van der Waals surface area (Å²) < 4.78 is 0. The molecule has 0 aromatic rings. The van der Waals surface area contributed by atoms with Crippen molar-refractivity contribution in [3.63, 3.8) is 0 Å². The fraction of sp³-hybridized carbons (Fsp3) is 1.00. The van der Waals surface area contributed by atoms with Crippen molar-refractivity contribution in [2.24, 2.45) is 5.92 Å². The number of hydrogen-bond donors (Lipinski definition) is 0. The van der Waals surface area contributed by atoms with E-state index in [1.54, 1.807) is 0 Å². The molecule has 0 fully saturated rings. The Hall–Kier alpha value is 0.177. The van der Waals surface area contributed by atoms with E-state index in [2.05, 4.69) is 45.4 Å². The minimum Gasteiger partial charge on any atom is -0.309 e. The Labute approximate surface area is 72.8 Å². The Kier molecular flexibility index (Phi) is 4.33. The average Bonchev–Trinajstić information content (AvgIpc) is 1.53. The van der Waals surface area contributed by atoms with Gasteiger partial charge >= 0.3 is 0 Å². The SMILES string of the molecule is CC(C)CN(C)C[Si](C)(C)C. The van der Waals surface area contributed by atoms with E-state index in [-0.39, 0.29) is 0 Å². The van der Waals surface area contributed by atoms with E-state index in [9.17, 15) is 0 Å². The molecule has 0 aliphatic rings. The van der Waals surface area contributed by atoms with Gasteiger partial charge < -0.3 is 4.90 Å². The summed E-state index contributed by atoms with van der Waals surface area (Å²) >= 11 is 0. The Morgan fingerprint density at radius 2 is 1.64 bits per heavy atom. The second-order valence-corrected chi connectivity index (χ2v) is 10.6. The highest BCUT2D eigenvalue weighted by Gasteiger charge is 2.15. The summed E-state index contributed by atoms with van der Waals surface area (Å²) in [6.07, 6.45) is 1.32. The standard InChI is InChI=1S/C9H23NSi/c1-9(2)7-10(3)8-11(4,5)6/h9H,7-8H2,1-6H3. The molecule has 0 heterocycles. The van der Waals surface area contributed by atoms with Gasteiger partial charge in [0.1, 0.15) is 0 Å². The Morgan fingerprint density at radius 1 is 1.18 bits per heavy atom. The highest BCUT2D eigenvalue weighted by atomic mass is 28.3.